The summed E-state index contributed by atoms with van der Waals surface area (Å²) in [5, 5.41) is 8.09. The van der Waals surface area contributed by atoms with Gasteiger partial charge < -0.3 is 4.74 Å². The van der Waals surface area contributed by atoms with Crippen LogP contribution in [0.5, 0.6) is 0 Å². The summed E-state index contributed by atoms with van der Waals surface area (Å²) < 4.78 is 35.1. The van der Waals surface area contributed by atoms with Crippen LogP contribution in [-0.2, 0) is 4.74 Å². The van der Waals surface area contributed by atoms with Crippen molar-refractivity contribution in [3.05, 3.63) is 53.2 Å². The normalized spacial score (nSPS) is 13.3. The lowest BCUT2D eigenvalue weighted by Gasteiger charge is -2.28. The molecular weight excluding hydrogens is 420 g/mol. The maximum absolute atomic E-state index is 13.1. The van der Waals surface area contributed by atoms with Gasteiger partial charge in [-0.1, -0.05) is 0 Å². The van der Waals surface area contributed by atoms with Crippen molar-refractivity contribution >= 4 is 15.9 Å². The molecule has 0 saturated heterocycles. The number of halogens is 3. The Morgan fingerprint density at radius 2 is 1.96 bits per heavy atom. The van der Waals surface area contributed by atoms with Crippen LogP contribution in [0.1, 0.15) is 38.6 Å². The highest BCUT2D eigenvalue weighted by Crippen LogP contribution is 2.31. The lowest BCUT2D eigenvalue weighted by Crippen LogP contribution is -2.29. The number of hydrogen-bond donors (Lipinski definition) is 0. The highest BCUT2D eigenvalue weighted by atomic mass is 79.9. The molecule has 6 nitrogen and oxygen atoms in total. The van der Waals surface area contributed by atoms with Gasteiger partial charge in [-0.3, -0.25) is 9.67 Å². The van der Waals surface area contributed by atoms with E-state index in [0.717, 1.165) is 10.2 Å². The van der Waals surface area contributed by atoms with E-state index in [2.05, 4.69) is 31.1 Å². The van der Waals surface area contributed by atoms with Crippen LogP contribution in [0, 0.1) is 0 Å². The molecule has 0 radical (unpaired) electrons. The van der Waals surface area contributed by atoms with Gasteiger partial charge in [-0.25, -0.2) is 4.68 Å². The van der Waals surface area contributed by atoms with Crippen molar-refractivity contribution in [1.29, 1.82) is 0 Å². The van der Waals surface area contributed by atoms with Gasteiger partial charge in [-0.05, 0) is 48.0 Å². The molecule has 27 heavy (non-hydrogen) atoms. The number of alkyl halides is 2. The summed E-state index contributed by atoms with van der Waals surface area (Å²) in [6.45, 7) is 1.25. The Labute approximate surface area is 164 Å². The summed E-state index contributed by atoms with van der Waals surface area (Å²) in [4.78, 5) is 4.49. The first-order valence-corrected chi connectivity index (χ1v) is 9.13. The number of pyridine rings is 1. The zero-order valence-corrected chi connectivity index (χ0v) is 16.8. The summed E-state index contributed by atoms with van der Waals surface area (Å²) >= 11 is 3.39. The first-order chi connectivity index (χ1) is 12.8. The molecule has 0 aliphatic rings. The zero-order valence-electron chi connectivity index (χ0n) is 15.2. The van der Waals surface area contributed by atoms with E-state index < -0.39 is 12.2 Å². The fourth-order valence-electron chi connectivity index (χ4n) is 2.81. The van der Waals surface area contributed by atoms with E-state index in [1.54, 1.807) is 36.4 Å². The average Bonchev–Trinajstić information content (AvgIpc) is 3.29. The minimum atomic E-state index is -2.71. The number of methoxy groups -OCH3 is 1. The molecule has 0 fully saturated rings. The van der Waals surface area contributed by atoms with Crippen molar-refractivity contribution in [2.75, 3.05) is 7.11 Å². The van der Waals surface area contributed by atoms with E-state index in [0.29, 0.717) is 22.4 Å². The van der Waals surface area contributed by atoms with Gasteiger partial charge in [-0.15, -0.1) is 0 Å². The molecule has 3 aromatic rings. The van der Waals surface area contributed by atoms with Gasteiger partial charge in [0.05, 0.1) is 29.2 Å². The van der Waals surface area contributed by atoms with Gasteiger partial charge in [0.1, 0.15) is 0 Å². The average molecular weight is 440 g/mol. The second-order valence-corrected chi connectivity index (χ2v) is 7.65. The molecule has 3 aromatic heterocycles. The fraction of sp³-hybridized carbons (Fsp3) is 0.389. The molecule has 0 saturated carbocycles. The first-order valence-electron chi connectivity index (χ1n) is 8.33. The van der Waals surface area contributed by atoms with Crippen LogP contribution >= 0.6 is 15.9 Å². The van der Waals surface area contributed by atoms with Crippen molar-refractivity contribution in [1.82, 2.24) is 24.5 Å². The van der Waals surface area contributed by atoms with Crippen molar-refractivity contribution in [2.45, 2.75) is 38.5 Å². The number of ether oxygens (including phenoxy) is 1. The number of rotatable bonds is 7. The van der Waals surface area contributed by atoms with E-state index in [-0.39, 0.29) is 6.04 Å². The van der Waals surface area contributed by atoms with E-state index in [1.807, 2.05) is 26.0 Å². The van der Waals surface area contributed by atoms with Gasteiger partial charge in [-0.2, -0.15) is 19.0 Å². The Morgan fingerprint density at radius 1 is 1.19 bits per heavy atom. The Kier molecular flexibility index (Phi) is 5.71. The molecule has 0 bridgehead atoms. The number of nitrogens with zero attached hydrogens (tertiary/aromatic N) is 5. The Balaban J connectivity index is 1.99. The lowest BCUT2D eigenvalue weighted by atomic mass is 9.96. The highest BCUT2D eigenvalue weighted by Gasteiger charge is 2.27. The van der Waals surface area contributed by atoms with Crippen molar-refractivity contribution in [2.24, 2.45) is 0 Å². The van der Waals surface area contributed by atoms with Crippen molar-refractivity contribution < 1.29 is 13.5 Å². The van der Waals surface area contributed by atoms with Crippen molar-refractivity contribution in [3.63, 3.8) is 0 Å². The summed E-state index contributed by atoms with van der Waals surface area (Å²) in [7, 11) is 1.65. The van der Waals surface area contributed by atoms with Crippen LogP contribution < -0.4 is 0 Å². The summed E-state index contributed by atoms with van der Waals surface area (Å²) in [5.41, 5.74) is 1.26. The smallest absolute Gasteiger partial charge is 0.333 e. The second kappa shape index (κ2) is 7.85. The molecule has 0 amide bonds. The zero-order chi connectivity index (χ0) is 19.6. The summed E-state index contributed by atoms with van der Waals surface area (Å²) in [6.07, 6.45) is 6.96. The third-order valence-corrected chi connectivity index (χ3v) is 4.87. The third kappa shape index (κ3) is 4.41. The fourth-order valence-corrected chi connectivity index (χ4v) is 3.04. The van der Waals surface area contributed by atoms with Crippen molar-refractivity contribution in [3.8, 4) is 11.3 Å². The van der Waals surface area contributed by atoms with Crippen LogP contribution in [0.15, 0.2) is 47.5 Å². The lowest BCUT2D eigenvalue weighted by molar-refractivity contribution is 0.00586. The van der Waals surface area contributed by atoms with Gasteiger partial charge in [0.15, 0.2) is 0 Å². The quantitative estimate of drug-likeness (QED) is 0.535. The van der Waals surface area contributed by atoms with E-state index in [9.17, 15) is 8.78 Å². The Hall–Kier alpha value is -2.13. The topological polar surface area (TPSA) is 57.8 Å². The number of hydrogen-bond acceptors (Lipinski definition) is 4. The van der Waals surface area contributed by atoms with E-state index in [4.69, 9.17) is 4.74 Å². The molecule has 0 spiro atoms. The molecule has 0 N–H and O–H groups in total. The van der Waals surface area contributed by atoms with Crippen LogP contribution in [0.25, 0.3) is 11.3 Å². The Morgan fingerprint density at radius 3 is 2.59 bits per heavy atom. The molecule has 144 valence electrons. The predicted molar refractivity (Wildman–Crippen MR) is 100 cm³/mol. The molecule has 0 aromatic carbocycles. The third-order valence-electron chi connectivity index (χ3n) is 4.40. The molecule has 3 heterocycles. The largest absolute Gasteiger partial charge is 0.379 e. The van der Waals surface area contributed by atoms with Crippen LogP contribution in [0.4, 0.5) is 8.78 Å². The molecule has 1 unspecified atom stereocenters. The monoisotopic (exact) mass is 439 g/mol. The summed E-state index contributed by atoms with van der Waals surface area (Å²) in [5.74, 6) is 0. The maximum atomic E-state index is 13.1. The van der Waals surface area contributed by atoms with Crippen LogP contribution in [-0.4, -0.2) is 37.3 Å². The van der Waals surface area contributed by atoms with Crippen LogP contribution in [0.2, 0.25) is 0 Å². The molecule has 3 rings (SSSR count). The van der Waals surface area contributed by atoms with Gasteiger partial charge in [0, 0.05) is 42.2 Å². The van der Waals surface area contributed by atoms with Crippen LogP contribution in [0.3, 0.4) is 0 Å². The molecule has 0 aliphatic carbocycles. The maximum Gasteiger partial charge on any atom is 0.333 e. The SMILES string of the molecule is COC(C)(C)CC(c1ccc(Br)cn1)n1cc(-c2ccnn2C(F)F)cn1. The van der Waals surface area contributed by atoms with E-state index in [1.165, 1.54) is 6.20 Å². The van der Waals surface area contributed by atoms with Gasteiger partial charge in [0.25, 0.3) is 0 Å². The number of aromatic nitrogens is 5. The molecule has 1 atom stereocenters. The minimum absolute atomic E-state index is 0.218. The predicted octanol–water partition coefficient (Wildman–Crippen LogP) is 4.70. The minimum Gasteiger partial charge on any atom is -0.379 e. The molecular formula is C18H20BrF2N5O. The first kappa shape index (κ1) is 19.6. The standard InChI is InChI=1S/C18H20BrF2N5O/c1-18(2,27-3)8-16(14-5-4-13(19)10-22-14)25-11-12(9-24-25)15-6-7-23-26(15)17(20)21/h4-7,9-11,16-17H,8H2,1-3H3. The highest BCUT2D eigenvalue weighted by molar-refractivity contribution is 9.10. The van der Waals surface area contributed by atoms with Gasteiger partial charge in [0.2, 0.25) is 0 Å². The van der Waals surface area contributed by atoms with Gasteiger partial charge >= 0.3 is 6.55 Å². The van der Waals surface area contributed by atoms with E-state index >= 15 is 0 Å². The second-order valence-electron chi connectivity index (χ2n) is 6.73. The summed E-state index contributed by atoms with van der Waals surface area (Å²) in [6, 6.07) is 5.14. The Bertz CT molecular complexity index is 891. The molecule has 0 aliphatic heterocycles. The molecule has 9 heteroatoms.